The molecule has 23 heavy (non-hydrogen) atoms. The van der Waals surface area contributed by atoms with Gasteiger partial charge in [0.1, 0.15) is 11.8 Å². The van der Waals surface area contributed by atoms with Crippen molar-refractivity contribution in [2.24, 2.45) is 5.92 Å². The number of hydrogen-bond acceptors (Lipinski definition) is 5. The average molecular weight is 314 g/mol. The third-order valence-corrected chi connectivity index (χ3v) is 4.32. The molecular weight excluding hydrogens is 292 g/mol. The molecular formula is C17H22N4O2. The fourth-order valence-electron chi connectivity index (χ4n) is 2.93. The molecule has 2 fully saturated rings. The van der Waals surface area contributed by atoms with Gasteiger partial charge in [-0.3, -0.25) is 4.79 Å². The van der Waals surface area contributed by atoms with Gasteiger partial charge in [0, 0.05) is 32.4 Å². The van der Waals surface area contributed by atoms with Crippen LogP contribution in [0.4, 0.5) is 0 Å². The lowest BCUT2D eigenvalue weighted by Gasteiger charge is -2.34. The lowest BCUT2D eigenvalue weighted by Crippen LogP contribution is -2.49. The third-order valence-electron chi connectivity index (χ3n) is 4.32. The maximum atomic E-state index is 12.5. The number of hydrogen-bond donors (Lipinski definition) is 0. The van der Waals surface area contributed by atoms with Crippen molar-refractivity contribution in [3.8, 4) is 6.07 Å². The first kappa shape index (κ1) is 15.9. The van der Waals surface area contributed by atoms with Gasteiger partial charge in [-0.15, -0.1) is 0 Å². The highest BCUT2D eigenvalue weighted by atomic mass is 16.5. The third kappa shape index (κ3) is 4.27. The summed E-state index contributed by atoms with van der Waals surface area (Å²) in [6.45, 7) is 3.70. The predicted molar refractivity (Wildman–Crippen MR) is 84.8 cm³/mol. The van der Waals surface area contributed by atoms with Crippen molar-refractivity contribution in [2.45, 2.75) is 18.9 Å². The molecule has 0 spiro atoms. The number of nitriles is 1. The topological polar surface area (TPSA) is 69.5 Å². The molecule has 1 aliphatic heterocycles. The second kappa shape index (κ2) is 7.07. The smallest absolute Gasteiger partial charge is 0.272 e. The number of pyridine rings is 1. The van der Waals surface area contributed by atoms with Crippen molar-refractivity contribution >= 4 is 5.91 Å². The number of morpholine rings is 1. The molecule has 0 aromatic carbocycles. The fraction of sp³-hybridized carbons (Fsp3) is 0.588. The molecule has 6 heteroatoms. The number of rotatable bonds is 5. The summed E-state index contributed by atoms with van der Waals surface area (Å²) in [6, 6.07) is 5.25. The molecule has 0 unspecified atom stereocenters. The van der Waals surface area contributed by atoms with Gasteiger partial charge in [0.2, 0.25) is 0 Å². The van der Waals surface area contributed by atoms with Crippen LogP contribution >= 0.6 is 0 Å². The lowest BCUT2D eigenvalue weighted by atomic mass is 10.2. The minimum Gasteiger partial charge on any atom is -0.373 e. The van der Waals surface area contributed by atoms with Crippen LogP contribution in [0, 0.1) is 17.2 Å². The molecule has 1 atom stereocenters. The summed E-state index contributed by atoms with van der Waals surface area (Å²) in [7, 11) is 2.12. The molecule has 1 aromatic heterocycles. The molecule has 1 aliphatic carbocycles. The van der Waals surface area contributed by atoms with Gasteiger partial charge in [-0.2, -0.15) is 5.26 Å². The van der Waals surface area contributed by atoms with Crippen LogP contribution in [-0.4, -0.2) is 66.6 Å². The van der Waals surface area contributed by atoms with Gasteiger partial charge in [-0.1, -0.05) is 0 Å². The number of amides is 1. The summed E-state index contributed by atoms with van der Waals surface area (Å²) < 4.78 is 5.80. The van der Waals surface area contributed by atoms with Crippen molar-refractivity contribution in [1.29, 1.82) is 5.26 Å². The van der Waals surface area contributed by atoms with Crippen LogP contribution in [-0.2, 0) is 4.74 Å². The van der Waals surface area contributed by atoms with E-state index < -0.39 is 0 Å². The molecule has 0 bridgehead atoms. The number of carbonyl (C=O) groups is 1. The molecule has 1 saturated carbocycles. The van der Waals surface area contributed by atoms with E-state index in [0.29, 0.717) is 31.0 Å². The summed E-state index contributed by atoms with van der Waals surface area (Å²) in [5.41, 5.74) is 0.846. The second-order valence-corrected chi connectivity index (χ2v) is 6.45. The molecule has 0 radical (unpaired) electrons. The predicted octanol–water partition coefficient (Wildman–Crippen LogP) is 1.14. The number of likely N-dealkylation sites (N-methyl/N-ethyl adjacent to an activating group) is 1. The van der Waals surface area contributed by atoms with Crippen molar-refractivity contribution < 1.29 is 9.53 Å². The highest BCUT2D eigenvalue weighted by Gasteiger charge is 2.28. The Morgan fingerprint density at radius 1 is 1.48 bits per heavy atom. The Bertz CT molecular complexity index is 592. The van der Waals surface area contributed by atoms with Crippen LogP contribution in [0.25, 0.3) is 0 Å². The highest BCUT2D eigenvalue weighted by molar-refractivity contribution is 5.92. The van der Waals surface area contributed by atoms with Gasteiger partial charge in [0.25, 0.3) is 5.91 Å². The van der Waals surface area contributed by atoms with Gasteiger partial charge in [0.15, 0.2) is 0 Å². The van der Waals surface area contributed by atoms with E-state index in [9.17, 15) is 4.79 Å². The van der Waals surface area contributed by atoms with Crippen LogP contribution in [0.2, 0.25) is 0 Å². The molecule has 1 aromatic rings. The largest absolute Gasteiger partial charge is 0.373 e. The molecule has 2 heterocycles. The van der Waals surface area contributed by atoms with Crippen molar-refractivity contribution in [3.05, 3.63) is 29.6 Å². The summed E-state index contributed by atoms with van der Waals surface area (Å²) in [6.07, 6.45) is 4.17. The quantitative estimate of drug-likeness (QED) is 0.815. The molecule has 1 amide bonds. The van der Waals surface area contributed by atoms with Crippen molar-refractivity contribution in [2.75, 3.05) is 39.8 Å². The molecule has 122 valence electrons. The Kier molecular flexibility index (Phi) is 4.89. The van der Waals surface area contributed by atoms with E-state index in [1.807, 2.05) is 6.07 Å². The summed E-state index contributed by atoms with van der Waals surface area (Å²) >= 11 is 0. The van der Waals surface area contributed by atoms with E-state index in [1.165, 1.54) is 19.0 Å². The lowest BCUT2D eigenvalue weighted by molar-refractivity contribution is -0.0335. The SMILES string of the molecule is CN(CC1CC1)C[C@H]1CN(C(=O)c2ccc(C#N)cn2)CCO1. The zero-order valence-electron chi connectivity index (χ0n) is 13.4. The Labute approximate surface area is 136 Å². The second-order valence-electron chi connectivity index (χ2n) is 6.45. The zero-order valence-corrected chi connectivity index (χ0v) is 13.4. The van der Waals surface area contributed by atoms with Gasteiger partial charge >= 0.3 is 0 Å². The fourth-order valence-corrected chi connectivity index (χ4v) is 2.93. The van der Waals surface area contributed by atoms with Crippen LogP contribution in [0.3, 0.4) is 0 Å². The van der Waals surface area contributed by atoms with Crippen LogP contribution < -0.4 is 0 Å². The summed E-state index contributed by atoms with van der Waals surface area (Å²) in [5, 5.41) is 8.79. The van der Waals surface area contributed by atoms with Crippen molar-refractivity contribution in [3.63, 3.8) is 0 Å². The van der Waals surface area contributed by atoms with E-state index >= 15 is 0 Å². The van der Waals surface area contributed by atoms with Gasteiger partial charge < -0.3 is 14.5 Å². The number of nitrogens with zero attached hydrogens (tertiary/aromatic N) is 4. The maximum absolute atomic E-state index is 12.5. The van der Waals surface area contributed by atoms with Crippen molar-refractivity contribution in [1.82, 2.24) is 14.8 Å². The zero-order chi connectivity index (χ0) is 16.2. The first-order chi connectivity index (χ1) is 11.2. The molecule has 0 N–H and O–H groups in total. The number of ether oxygens (including phenoxy) is 1. The molecule has 6 nitrogen and oxygen atoms in total. The monoisotopic (exact) mass is 314 g/mol. The van der Waals surface area contributed by atoms with Crippen LogP contribution in [0.5, 0.6) is 0 Å². The standard InChI is InChI=1S/C17H22N4O2/c1-20(10-13-2-3-13)11-15-12-21(6-7-23-15)17(22)16-5-4-14(8-18)9-19-16/h4-5,9,13,15H,2-3,6-7,10-12H2,1H3/t15-/m0/s1. The minimum atomic E-state index is -0.0902. The van der Waals surface area contributed by atoms with Gasteiger partial charge in [0.05, 0.1) is 18.3 Å². The normalized spacial score (nSPS) is 21.3. The highest BCUT2D eigenvalue weighted by Crippen LogP contribution is 2.29. The molecule has 2 aliphatic rings. The van der Waals surface area contributed by atoms with E-state index in [1.54, 1.807) is 17.0 Å². The van der Waals surface area contributed by atoms with Gasteiger partial charge in [-0.25, -0.2) is 4.98 Å². The Hall–Kier alpha value is -1.97. The Morgan fingerprint density at radius 3 is 2.96 bits per heavy atom. The van der Waals surface area contributed by atoms with E-state index in [0.717, 1.165) is 19.0 Å². The summed E-state index contributed by atoms with van der Waals surface area (Å²) in [5.74, 6) is 0.761. The molecule has 1 saturated heterocycles. The minimum absolute atomic E-state index is 0.0508. The first-order valence-electron chi connectivity index (χ1n) is 8.11. The molecule has 3 rings (SSSR count). The number of aromatic nitrogens is 1. The summed E-state index contributed by atoms with van der Waals surface area (Å²) in [4.78, 5) is 20.7. The van der Waals surface area contributed by atoms with E-state index in [4.69, 9.17) is 10.00 Å². The maximum Gasteiger partial charge on any atom is 0.272 e. The first-order valence-corrected chi connectivity index (χ1v) is 8.11. The number of carbonyl (C=O) groups excluding carboxylic acids is 1. The average Bonchev–Trinajstić information content (AvgIpc) is 3.38. The Morgan fingerprint density at radius 2 is 2.30 bits per heavy atom. The van der Waals surface area contributed by atoms with Crippen LogP contribution in [0.15, 0.2) is 18.3 Å². The Balaban J connectivity index is 1.56. The van der Waals surface area contributed by atoms with Crippen LogP contribution in [0.1, 0.15) is 28.9 Å². The van der Waals surface area contributed by atoms with Gasteiger partial charge in [-0.05, 0) is 37.9 Å². The van der Waals surface area contributed by atoms with E-state index in [-0.39, 0.29) is 12.0 Å². The van der Waals surface area contributed by atoms with E-state index in [2.05, 4.69) is 16.9 Å².